The van der Waals surface area contributed by atoms with Crippen LogP contribution in [0.25, 0.3) is 10.4 Å². The van der Waals surface area contributed by atoms with Crippen LogP contribution in [-0.4, -0.2) is 8.07 Å². The quantitative estimate of drug-likeness (QED) is 0.174. The van der Waals surface area contributed by atoms with E-state index in [-0.39, 0.29) is 0 Å². The number of hydrogen-bond donors (Lipinski definition) is 0. The molecule has 0 spiro atoms. The first kappa shape index (κ1) is 33.9. The second-order valence-corrected chi connectivity index (χ2v) is 32.5. The summed E-state index contributed by atoms with van der Waals surface area (Å²) in [6, 6.07) is 34.4. The number of fused-ring (bicyclic) bond motifs is 8. The molecule has 3 aliphatic rings. The summed E-state index contributed by atoms with van der Waals surface area (Å²) in [5, 5.41) is 6.54. The van der Waals surface area contributed by atoms with Gasteiger partial charge in [0.05, 0.1) is 0 Å². The van der Waals surface area contributed by atoms with Crippen molar-refractivity contribution >= 4 is 28.8 Å². The second kappa shape index (κ2) is 12.1. The van der Waals surface area contributed by atoms with Crippen molar-refractivity contribution in [2.75, 3.05) is 0 Å². The summed E-state index contributed by atoms with van der Waals surface area (Å²) in [6.07, 6.45) is 0. The molecule has 2 atom stereocenters. The van der Waals surface area contributed by atoms with Crippen molar-refractivity contribution in [1.82, 2.24) is 0 Å². The Kier molecular flexibility index (Phi) is 8.52. The number of benzene rings is 4. The summed E-state index contributed by atoms with van der Waals surface area (Å²) in [7, 11) is -2.83. The van der Waals surface area contributed by atoms with Crippen LogP contribution in [0.4, 0.5) is 0 Å². The molecule has 0 amide bonds. The average Bonchev–Trinajstić information content (AvgIpc) is 3.53. The van der Waals surface area contributed by atoms with Gasteiger partial charge in [0.2, 0.25) is 0 Å². The van der Waals surface area contributed by atoms with Gasteiger partial charge in [-0.2, -0.15) is 0 Å². The molecule has 7 rings (SSSR count). The standard InChI is InChI=1S/C44H50Si.2CH3.Zr/c1-27(2)33-23-35-21-31(9)43(41(35)39(25-33)29(5)6)45(37-17-13-11-14-18-37,38-19-15-12-16-20-38)44-32(10)22-36-24-34(28(3)4)26-40(30(7)8)42(36)44;;;/h11-30H,1-10H3;2*1H3;. The second-order valence-electron chi connectivity index (χ2n) is 17.1. The van der Waals surface area contributed by atoms with Gasteiger partial charge in [0.15, 0.2) is 0 Å². The van der Waals surface area contributed by atoms with E-state index in [1.165, 1.54) is 11.1 Å². The topological polar surface area (TPSA) is 0 Å². The Balaban J connectivity index is 1.77. The Bertz CT molecular complexity index is 1830. The van der Waals surface area contributed by atoms with E-state index >= 15 is 0 Å². The molecule has 0 radical (unpaired) electrons. The van der Waals surface area contributed by atoms with Crippen LogP contribution < -0.4 is 10.4 Å². The van der Waals surface area contributed by atoms with E-state index in [2.05, 4.69) is 163 Å². The van der Waals surface area contributed by atoms with Crippen LogP contribution in [-0.2, 0) is 20.3 Å². The molecule has 0 saturated heterocycles. The molecule has 0 aromatic heterocycles. The third-order valence-corrected chi connectivity index (χ3v) is 28.6. The van der Waals surface area contributed by atoms with Gasteiger partial charge in [-0.05, 0) is 0 Å². The monoisotopic (exact) mass is 726 g/mol. The fraction of sp³-hybridized carbons (Fsp3) is 0.391. The van der Waals surface area contributed by atoms with Crippen molar-refractivity contribution in [2.24, 2.45) is 0 Å². The van der Waals surface area contributed by atoms with Gasteiger partial charge >= 0.3 is 299 Å². The molecule has 0 N–H and O–H groups in total. The van der Waals surface area contributed by atoms with Crippen LogP contribution in [0.15, 0.2) is 96.1 Å². The van der Waals surface area contributed by atoms with Crippen molar-refractivity contribution < 1.29 is 20.3 Å². The molecular formula is C46H56SiZr. The fourth-order valence-electron chi connectivity index (χ4n) is 10.5. The van der Waals surface area contributed by atoms with Crippen LogP contribution in [0, 0.1) is 0 Å². The van der Waals surface area contributed by atoms with Gasteiger partial charge in [-0.25, -0.2) is 0 Å². The maximum absolute atomic E-state index is 3.12. The summed E-state index contributed by atoms with van der Waals surface area (Å²) in [5.41, 5.74) is 16.3. The van der Waals surface area contributed by atoms with Gasteiger partial charge < -0.3 is 0 Å². The maximum atomic E-state index is 2.82. The predicted octanol–water partition coefficient (Wildman–Crippen LogP) is 12.1. The van der Waals surface area contributed by atoms with Gasteiger partial charge in [0, 0.05) is 0 Å². The van der Waals surface area contributed by atoms with E-state index in [1.54, 1.807) is 65.3 Å². The van der Waals surface area contributed by atoms with Crippen molar-refractivity contribution in [1.29, 1.82) is 0 Å². The van der Waals surface area contributed by atoms with E-state index in [4.69, 9.17) is 0 Å². The van der Waals surface area contributed by atoms with Crippen LogP contribution in [0.3, 0.4) is 0 Å². The first-order valence-electron chi connectivity index (χ1n) is 18.6. The normalized spacial score (nSPS) is 20.6. The Morgan fingerprint density at radius 3 is 1.17 bits per heavy atom. The summed E-state index contributed by atoms with van der Waals surface area (Å²) in [6.45, 7) is 24.5. The van der Waals surface area contributed by atoms with Gasteiger partial charge in [-0.15, -0.1) is 0 Å². The Hall–Kier alpha value is -2.54. The van der Waals surface area contributed by atoms with Gasteiger partial charge in [0.25, 0.3) is 0 Å². The van der Waals surface area contributed by atoms with Gasteiger partial charge in [-0.1, -0.05) is 0 Å². The molecule has 0 fully saturated rings. The Morgan fingerprint density at radius 1 is 0.500 bits per heavy atom. The van der Waals surface area contributed by atoms with E-state index in [0.717, 1.165) is 0 Å². The molecule has 4 aromatic carbocycles. The van der Waals surface area contributed by atoms with Crippen LogP contribution >= 0.6 is 0 Å². The van der Waals surface area contributed by atoms with Gasteiger partial charge in [0.1, 0.15) is 0 Å². The van der Waals surface area contributed by atoms with E-state index < -0.39 is 28.3 Å². The first-order chi connectivity index (χ1) is 22.7. The molecule has 0 saturated carbocycles. The van der Waals surface area contributed by atoms with Crippen molar-refractivity contribution in [3.63, 3.8) is 0 Å². The van der Waals surface area contributed by atoms with Gasteiger partial charge in [-0.3, -0.25) is 0 Å². The summed E-state index contributed by atoms with van der Waals surface area (Å²) >= 11 is -3.12. The molecule has 4 aromatic rings. The molecule has 2 heteroatoms. The molecule has 48 heavy (non-hydrogen) atoms. The zero-order valence-corrected chi connectivity index (χ0v) is 35.0. The molecule has 2 aliphatic carbocycles. The summed E-state index contributed by atoms with van der Waals surface area (Å²) in [4.78, 5) is 0. The minimum absolute atomic E-state index is 0.454. The first-order valence-corrected chi connectivity index (χ1v) is 28.4. The van der Waals surface area contributed by atoms with E-state index in [9.17, 15) is 0 Å². The molecule has 2 unspecified atom stereocenters. The SMILES string of the molecule is CC1=C2c3c(C(C)C)cc(C(C)C)cc3[CH]1[Zr]([CH3])([CH3])[CH]1C(C)=C(c3c(C(C)C)cc(C(C)C)cc31)[Si]2(c1ccccc1)c1ccccc1. The zero-order chi connectivity index (χ0) is 34.4. The third kappa shape index (κ3) is 4.67. The van der Waals surface area contributed by atoms with Crippen LogP contribution in [0.5, 0.6) is 0 Å². The molecule has 248 valence electrons. The number of hydrogen-bond acceptors (Lipinski definition) is 0. The molecular weight excluding hydrogens is 672 g/mol. The Labute approximate surface area is 297 Å². The van der Waals surface area contributed by atoms with E-state index in [1.807, 2.05) is 0 Å². The van der Waals surface area contributed by atoms with Crippen LogP contribution in [0.2, 0.25) is 9.26 Å². The van der Waals surface area contributed by atoms with E-state index in [0.29, 0.717) is 30.9 Å². The number of allylic oxidation sites excluding steroid dienone is 2. The van der Waals surface area contributed by atoms with Crippen molar-refractivity contribution in [3.05, 3.63) is 141 Å². The predicted molar refractivity (Wildman–Crippen MR) is 210 cm³/mol. The summed E-state index contributed by atoms with van der Waals surface area (Å²) < 4.78 is 6.75. The number of rotatable bonds is 6. The minimum atomic E-state index is -3.12. The summed E-state index contributed by atoms with van der Waals surface area (Å²) in [5.74, 6) is 1.92. The van der Waals surface area contributed by atoms with Crippen molar-refractivity contribution in [3.8, 4) is 0 Å². The Morgan fingerprint density at radius 2 is 0.854 bits per heavy atom. The molecule has 1 heterocycles. The van der Waals surface area contributed by atoms with Crippen LogP contribution in [0.1, 0.15) is 145 Å². The molecule has 0 nitrogen and oxygen atoms in total. The molecule has 4 bridgehead atoms. The average molecular weight is 728 g/mol. The third-order valence-electron chi connectivity index (χ3n) is 12.4. The molecule has 1 aliphatic heterocycles. The zero-order valence-electron chi connectivity index (χ0n) is 31.5. The fourth-order valence-corrected chi connectivity index (χ4v) is 29.2. The van der Waals surface area contributed by atoms with Crippen molar-refractivity contribution in [2.45, 2.75) is 109 Å².